The minimum atomic E-state index is -0.924. The zero-order valence-corrected chi connectivity index (χ0v) is 14.8. The van der Waals surface area contributed by atoms with Crippen molar-refractivity contribution in [2.75, 3.05) is 0 Å². The summed E-state index contributed by atoms with van der Waals surface area (Å²) in [7, 11) is 0. The van der Waals surface area contributed by atoms with E-state index in [1.54, 1.807) is 24.3 Å². The van der Waals surface area contributed by atoms with Crippen LogP contribution in [0.3, 0.4) is 0 Å². The van der Waals surface area contributed by atoms with E-state index in [0.29, 0.717) is 22.5 Å². The summed E-state index contributed by atoms with van der Waals surface area (Å²) in [5.74, 6) is -0.661. The molecule has 3 aromatic heterocycles. The van der Waals surface area contributed by atoms with Gasteiger partial charge in [-0.1, -0.05) is 12.1 Å². The van der Waals surface area contributed by atoms with Gasteiger partial charge < -0.3 is 5.32 Å². The number of amidine groups is 1. The van der Waals surface area contributed by atoms with Crippen LogP contribution in [0.1, 0.15) is 29.3 Å². The highest BCUT2D eigenvalue weighted by atomic mass is 19.1. The van der Waals surface area contributed by atoms with E-state index in [2.05, 4.69) is 20.3 Å². The van der Waals surface area contributed by atoms with Gasteiger partial charge >= 0.3 is 0 Å². The van der Waals surface area contributed by atoms with Gasteiger partial charge in [-0.2, -0.15) is 14.0 Å². The zero-order chi connectivity index (χ0) is 19.7. The number of aliphatic imine (C=N–C) groups is 1. The Morgan fingerprint density at radius 3 is 2.18 bits per heavy atom. The number of halogens is 2. The summed E-state index contributed by atoms with van der Waals surface area (Å²) in [6.07, 6.45) is 4.38. The highest BCUT2D eigenvalue weighted by molar-refractivity contribution is 6.01. The quantitative estimate of drug-likeness (QED) is 0.710. The van der Waals surface area contributed by atoms with Crippen LogP contribution in [0, 0.1) is 23.2 Å². The van der Waals surface area contributed by atoms with Crippen molar-refractivity contribution in [2.45, 2.75) is 18.5 Å². The molecule has 6 nitrogen and oxygen atoms in total. The standard InChI is InChI=1S/C20H14F2N6/c1-12-20(14-2-4-17(21)25-10-14,15-3-5-18(22)26-11-15)28-19(27-12)13-6-7-24-16(8-13)9-23/h2-8,10-12H,1H3,(H,27,28)/t12-/m1/s1. The van der Waals surface area contributed by atoms with Crippen LogP contribution in [0.15, 0.2) is 60.0 Å². The first-order chi connectivity index (χ1) is 13.5. The van der Waals surface area contributed by atoms with Crippen LogP contribution in [0.5, 0.6) is 0 Å². The maximum Gasteiger partial charge on any atom is 0.212 e. The molecule has 0 unspecified atom stereocenters. The number of hydrogen-bond donors (Lipinski definition) is 1. The van der Waals surface area contributed by atoms with Crippen LogP contribution in [0.2, 0.25) is 0 Å². The van der Waals surface area contributed by atoms with Crippen molar-refractivity contribution < 1.29 is 8.78 Å². The Balaban J connectivity index is 1.84. The summed E-state index contributed by atoms with van der Waals surface area (Å²) >= 11 is 0. The van der Waals surface area contributed by atoms with Gasteiger partial charge in [0.15, 0.2) is 0 Å². The fourth-order valence-electron chi connectivity index (χ4n) is 3.41. The predicted octanol–water partition coefficient (Wildman–Crippen LogP) is 2.70. The lowest BCUT2D eigenvalue weighted by Gasteiger charge is -2.34. The molecule has 1 aliphatic heterocycles. The summed E-state index contributed by atoms with van der Waals surface area (Å²) in [5.41, 5.74) is 1.34. The van der Waals surface area contributed by atoms with E-state index in [0.717, 1.165) is 0 Å². The van der Waals surface area contributed by atoms with Crippen LogP contribution in [0.4, 0.5) is 8.78 Å². The number of aromatic nitrogens is 3. The normalized spacial score (nSPS) is 17.5. The van der Waals surface area contributed by atoms with Gasteiger partial charge in [0.05, 0.1) is 6.04 Å². The average molecular weight is 376 g/mol. The lowest BCUT2D eigenvalue weighted by molar-refractivity contribution is 0.428. The Hall–Kier alpha value is -3.73. The SMILES string of the molecule is C[C@H]1N=C(c2ccnc(C#N)c2)NC1(c1ccc(F)nc1)c1ccc(F)nc1. The molecule has 28 heavy (non-hydrogen) atoms. The van der Waals surface area contributed by atoms with Gasteiger partial charge in [-0.25, -0.2) is 15.0 Å². The van der Waals surface area contributed by atoms with Crippen molar-refractivity contribution >= 4 is 5.84 Å². The topological polar surface area (TPSA) is 86.9 Å². The molecule has 4 heterocycles. The number of hydrogen-bond acceptors (Lipinski definition) is 6. The second-order valence-corrected chi connectivity index (χ2v) is 6.37. The van der Waals surface area contributed by atoms with Crippen LogP contribution in [-0.4, -0.2) is 26.8 Å². The fraction of sp³-hybridized carbons (Fsp3) is 0.150. The predicted molar refractivity (Wildman–Crippen MR) is 97.3 cm³/mol. The average Bonchev–Trinajstić information content (AvgIpc) is 3.07. The van der Waals surface area contributed by atoms with E-state index in [4.69, 9.17) is 10.3 Å². The molecule has 8 heteroatoms. The molecule has 4 rings (SSSR count). The van der Waals surface area contributed by atoms with Crippen LogP contribution in [0.25, 0.3) is 0 Å². The summed E-state index contributed by atoms with van der Waals surface area (Å²) < 4.78 is 26.8. The third-order valence-electron chi connectivity index (χ3n) is 4.78. The molecule has 0 fully saturated rings. The van der Waals surface area contributed by atoms with Gasteiger partial charge in [0.25, 0.3) is 0 Å². The third kappa shape index (κ3) is 2.87. The Bertz CT molecular complexity index is 1040. The van der Waals surface area contributed by atoms with Crippen molar-refractivity contribution in [3.05, 3.63) is 89.3 Å². The Kier molecular flexibility index (Phi) is 4.28. The summed E-state index contributed by atoms with van der Waals surface area (Å²) in [4.78, 5) is 16.2. The second-order valence-electron chi connectivity index (χ2n) is 6.37. The molecule has 0 aliphatic carbocycles. The van der Waals surface area contributed by atoms with Crippen molar-refractivity contribution in [2.24, 2.45) is 4.99 Å². The second kappa shape index (κ2) is 6.78. The first-order valence-electron chi connectivity index (χ1n) is 8.49. The molecule has 0 aromatic carbocycles. The molecule has 1 N–H and O–H groups in total. The number of nitriles is 1. The smallest absolute Gasteiger partial charge is 0.212 e. The van der Waals surface area contributed by atoms with Crippen molar-refractivity contribution in [3.63, 3.8) is 0 Å². The molecule has 0 spiro atoms. The molecule has 0 saturated heterocycles. The van der Waals surface area contributed by atoms with Crippen LogP contribution in [-0.2, 0) is 5.54 Å². The molecule has 1 aliphatic rings. The molecule has 0 bridgehead atoms. The molecule has 0 radical (unpaired) electrons. The maximum absolute atomic E-state index is 13.4. The van der Waals surface area contributed by atoms with Gasteiger partial charge in [0.2, 0.25) is 11.9 Å². The van der Waals surface area contributed by atoms with E-state index in [9.17, 15) is 8.78 Å². The molecule has 138 valence electrons. The largest absolute Gasteiger partial charge is 0.354 e. The molecule has 0 saturated carbocycles. The van der Waals surface area contributed by atoms with Crippen molar-refractivity contribution in [1.82, 2.24) is 20.3 Å². The van der Waals surface area contributed by atoms with Gasteiger partial charge in [0.1, 0.15) is 23.1 Å². The van der Waals surface area contributed by atoms with E-state index in [1.165, 1.54) is 30.7 Å². The van der Waals surface area contributed by atoms with Gasteiger partial charge in [-0.3, -0.25) is 4.99 Å². The van der Waals surface area contributed by atoms with Gasteiger partial charge in [0, 0.05) is 35.3 Å². The maximum atomic E-state index is 13.4. The van der Waals surface area contributed by atoms with E-state index < -0.39 is 17.4 Å². The molecule has 3 aromatic rings. The zero-order valence-electron chi connectivity index (χ0n) is 14.8. The van der Waals surface area contributed by atoms with Gasteiger partial charge in [-0.15, -0.1) is 0 Å². The first-order valence-corrected chi connectivity index (χ1v) is 8.49. The fourth-order valence-corrected chi connectivity index (χ4v) is 3.41. The highest BCUT2D eigenvalue weighted by Gasteiger charge is 2.45. The third-order valence-corrected chi connectivity index (χ3v) is 4.78. The molecular weight excluding hydrogens is 362 g/mol. The monoisotopic (exact) mass is 376 g/mol. The number of pyridine rings is 3. The molecule has 0 amide bonds. The van der Waals surface area contributed by atoms with Crippen molar-refractivity contribution in [3.8, 4) is 6.07 Å². The first kappa shape index (κ1) is 17.7. The Morgan fingerprint density at radius 2 is 1.64 bits per heavy atom. The minimum absolute atomic E-state index is 0.263. The van der Waals surface area contributed by atoms with E-state index >= 15 is 0 Å². The van der Waals surface area contributed by atoms with Crippen molar-refractivity contribution in [1.29, 1.82) is 5.26 Å². The Morgan fingerprint density at radius 1 is 1.00 bits per heavy atom. The summed E-state index contributed by atoms with van der Waals surface area (Å²) in [6.45, 7) is 1.89. The molecular formula is C20H14F2N6. The lowest BCUT2D eigenvalue weighted by Crippen LogP contribution is -2.48. The summed E-state index contributed by atoms with van der Waals surface area (Å²) in [6, 6.07) is 10.8. The molecule has 1 atom stereocenters. The number of nitrogens with zero attached hydrogens (tertiary/aromatic N) is 5. The lowest BCUT2D eigenvalue weighted by atomic mass is 9.79. The minimum Gasteiger partial charge on any atom is -0.354 e. The summed E-state index contributed by atoms with van der Waals surface area (Å²) in [5, 5.41) is 12.5. The van der Waals surface area contributed by atoms with Gasteiger partial charge in [-0.05, 0) is 31.2 Å². The Labute approximate surface area is 159 Å². The van der Waals surface area contributed by atoms with E-state index in [1.807, 2.05) is 13.0 Å². The van der Waals surface area contributed by atoms with Crippen LogP contribution >= 0.6 is 0 Å². The number of nitrogens with one attached hydrogen (secondary N) is 1. The highest BCUT2D eigenvalue weighted by Crippen LogP contribution is 2.38. The number of rotatable bonds is 3. The van der Waals surface area contributed by atoms with E-state index in [-0.39, 0.29) is 11.7 Å². The van der Waals surface area contributed by atoms with Crippen LogP contribution < -0.4 is 5.32 Å².